The molecule has 0 saturated heterocycles. The molecular weight excluding hydrogens is 429 g/mol. The van der Waals surface area contributed by atoms with Crippen molar-refractivity contribution in [1.29, 1.82) is 0 Å². The fourth-order valence-corrected chi connectivity index (χ4v) is 2.82. The van der Waals surface area contributed by atoms with Crippen LogP contribution in [0.2, 0.25) is 0 Å². The first-order valence-electron chi connectivity index (χ1n) is 6.50. The van der Waals surface area contributed by atoms with E-state index in [0.29, 0.717) is 0 Å². The minimum absolute atomic E-state index is 0.0286. The van der Waals surface area contributed by atoms with Gasteiger partial charge in [-0.15, -0.1) is 11.8 Å². The molecule has 0 fully saturated rings. The monoisotopic (exact) mass is 441 g/mol. The molecule has 6 nitrogen and oxygen atoms in total. The fraction of sp³-hybridized carbons (Fsp3) is 0.0667. The van der Waals surface area contributed by atoms with Gasteiger partial charge < -0.3 is 0 Å². The number of nitro groups is 1. The maximum Gasteiger partial charge on any atom is 0.269 e. The SMILES string of the molecule is O=C(CSc1ccc([N+](=O)[O-])cc1)N/N=C\c1ccccc1I. The van der Waals surface area contributed by atoms with Crippen molar-refractivity contribution in [3.8, 4) is 0 Å². The van der Waals surface area contributed by atoms with Crippen LogP contribution >= 0.6 is 34.4 Å². The third-order valence-electron chi connectivity index (χ3n) is 2.72. The number of hydrazone groups is 1. The van der Waals surface area contributed by atoms with Crippen molar-refractivity contribution < 1.29 is 9.72 Å². The molecule has 0 bridgehead atoms. The topological polar surface area (TPSA) is 84.6 Å². The smallest absolute Gasteiger partial charge is 0.269 e. The zero-order chi connectivity index (χ0) is 16.7. The maximum absolute atomic E-state index is 11.7. The standard InChI is InChI=1S/C15H12IN3O3S/c16-14-4-2-1-3-11(14)9-17-18-15(20)10-23-13-7-5-12(6-8-13)19(21)22/h1-9H,10H2,(H,18,20)/b17-9-. The molecule has 8 heteroatoms. The van der Waals surface area contributed by atoms with Gasteiger partial charge in [0.25, 0.3) is 5.69 Å². The Labute approximate surface area is 150 Å². The van der Waals surface area contributed by atoms with Crippen LogP contribution in [-0.2, 0) is 4.79 Å². The van der Waals surface area contributed by atoms with E-state index in [4.69, 9.17) is 0 Å². The van der Waals surface area contributed by atoms with Gasteiger partial charge in [-0.2, -0.15) is 5.10 Å². The molecule has 118 valence electrons. The number of carbonyl (C=O) groups is 1. The van der Waals surface area contributed by atoms with Crippen molar-refractivity contribution in [2.24, 2.45) is 5.10 Å². The number of hydrogen-bond donors (Lipinski definition) is 1. The Morgan fingerprint density at radius 2 is 1.96 bits per heavy atom. The van der Waals surface area contributed by atoms with Crippen LogP contribution in [0.5, 0.6) is 0 Å². The number of thioether (sulfide) groups is 1. The lowest BCUT2D eigenvalue weighted by atomic mass is 10.2. The lowest BCUT2D eigenvalue weighted by molar-refractivity contribution is -0.384. The second-order valence-corrected chi connectivity index (χ2v) is 6.57. The summed E-state index contributed by atoms with van der Waals surface area (Å²) in [6, 6.07) is 13.7. The Balaban J connectivity index is 1.81. The van der Waals surface area contributed by atoms with Crippen LogP contribution in [0.4, 0.5) is 5.69 Å². The van der Waals surface area contributed by atoms with Crippen LogP contribution in [-0.4, -0.2) is 22.8 Å². The molecule has 0 unspecified atom stereocenters. The van der Waals surface area contributed by atoms with Crippen LogP contribution in [0, 0.1) is 13.7 Å². The number of hydrogen-bond acceptors (Lipinski definition) is 5. The zero-order valence-electron chi connectivity index (χ0n) is 11.8. The minimum Gasteiger partial charge on any atom is -0.272 e. The summed E-state index contributed by atoms with van der Waals surface area (Å²) >= 11 is 3.48. The summed E-state index contributed by atoms with van der Waals surface area (Å²) in [5.41, 5.74) is 3.41. The van der Waals surface area contributed by atoms with E-state index in [-0.39, 0.29) is 17.3 Å². The Bertz CT molecular complexity index is 735. The van der Waals surface area contributed by atoms with E-state index in [1.54, 1.807) is 18.3 Å². The Kier molecular flexibility index (Phi) is 6.53. The van der Waals surface area contributed by atoms with E-state index in [2.05, 4.69) is 33.1 Å². The van der Waals surface area contributed by atoms with E-state index in [0.717, 1.165) is 14.0 Å². The lowest BCUT2D eigenvalue weighted by Gasteiger charge is -2.01. The highest BCUT2D eigenvalue weighted by Gasteiger charge is 2.06. The second-order valence-electron chi connectivity index (χ2n) is 4.35. The molecule has 2 aromatic carbocycles. The quantitative estimate of drug-likeness (QED) is 0.245. The van der Waals surface area contributed by atoms with Gasteiger partial charge in [0.05, 0.1) is 16.9 Å². The normalized spacial score (nSPS) is 10.7. The first-order chi connectivity index (χ1) is 11.1. The van der Waals surface area contributed by atoms with E-state index in [1.807, 2.05) is 24.3 Å². The lowest BCUT2D eigenvalue weighted by Crippen LogP contribution is -2.19. The van der Waals surface area contributed by atoms with E-state index >= 15 is 0 Å². The summed E-state index contributed by atoms with van der Waals surface area (Å²) < 4.78 is 1.04. The number of carbonyl (C=O) groups excluding carboxylic acids is 1. The van der Waals surface area contributed by atoms with Gasteiger partial charge in [-0.05, 0) is 40.8 Å². The van der Waals surface area contributed by atoms with Crippen molar-refractivity contribution in [3.05, 3.63) is 67.8 Å². The fourth-order valence-electron chi connectivity index (χ4n) is 1.60. The maximum atomic E-state index is 11.7. The van der Waals surface area contributed by atoms with Crippen molar-refractivity contribution in [2.45, 2.75) is 4.90 Å². The highest BCUT2D eigenvalue weighted by atomic mass is 127. The number of nitro benzene ring substituents is 1. The average Bonchev–Trinajstić information content (AvgIpc) is 2.55. The van der Waals surface area contributed by atoms with Gasteiger partial charge in [-0.3, -0.25) is 14.9 Å². The third-order valence-corrected chi connectivity index (χ3v) is 4.71. The molecule has 0 saturated carbocycles. The van der Waals surface area contributed by atoms with Crippen LogP contribution in [0.3, 0.4) is 0 Å². The molecule has 0 aliphatic heterocycles. The summed E-state index contributed by atoms with van der Waals surface area (Å²) in [4.78, 5) is 22.6. The van der Waals surface area contributed by atoms with Gasteiger partial charge in [0.15, 0.2) is 0 Å². The number of rotatable bonds is 6. The minimum atomic E-state index is -0.458. The number of amides is 1. The number of nitrogens with one attached hydrogen (secondary N) is 1. The first-order valence-corrected chi connectivity index (χ1v) is 8.56. The number of non-ortho nitro benzene ring substituents is 1. The second kappa shape index (κ2) is 8.63. The molecule has 2 aromatic rings. The summed E-state index contributed by atoms with van der Waals surface area (Å²) in [5, 5.41) is 14.5. The van der Waals surface area contributed by atoms with Gasteiger partial charge in [-0.25, -0.2) is 5.43 Å². The molecule has 0 aliphatic rings. The highest BCUT2D eigenvalue weighted by molar-refractivity contribution is 14.1. The van der Waals surface area contributed by atoms with E-state index in [1.165, 1.54) is 23.9 Å². The molecule has 1 amide bonds. The number of halogens is 1. The Hall–Kier alpha value is -1.94. The average molecular weight is 441 g/mol. The van der Waals surface area contributed by atoms with Crippen molar-refractivity contribution in [3.63, 3.8) is 0 Å². The van der Waals surface area contributed by atoms with E-state index in [9.17, 15) is 14.9 Å². The largest absolute Gasteiger partial charge is 0.272 e. The predicted molar refractivity (Wildman–Crippen MR) is 98.7 cm³/mol. The summed E-state index contributed by atoms with van der Waals surface area (Å²) in [5.74, 6) is -0.0587. The van der Waals surface area contributed by atoms with Crippen molar-refractivity contribution in [2.75, 3.05) is 5.75 Å². The van der Waals surface area contributed by atoms with Gasteiger partial charge in [0.1, 0.15) is 0 Å². The number of benzene rings is 2. The molecule has 23 heavy (non-hydrogen) atoms. The molecule has 0 heterocycles. The molecule has 0 radical (unpaired) electrons. The zero-order valence-corrected chi connectivity index (χ0v) is 14.8. The van der Waals surface area contributed by atoms with Crippen LogP contribution in [0.25, 0.3) is 0 Å². The Morgan fingerprint density at radius 3 is 2.61 bits per heavy atom. The van der Waals surface area contributed by atoms with Crippen LogP contribution in [0.15, 0.2) is 58.5 Å². The van der Waals surface area contributed by atoms with Crippen LogP contribution < -0.4 is 5.43 Å². The van der Waals surface area contributed by atoms with Gasteiger partial charge >= 0.3 is 0 Å². The summed E-state index contributed by atoms with van der Waals surface area (Å²) in [6.07, 6.45) is 1.59. The molecule has 2 rings (SSSR count). The van der Waals surface area contributed by atoms with Crippen molar-refractivity contribution >= 4 is 52.2 Å². The molecule has 0 aromatic heterocycles. The molecular formula is C15H12IN3O3S. The first kappa shape index (κ1) is 17.4. The molecule has 0 atom stereocenters. The van der Waals surface area contributed by atoms with Crippen LogP contribution in [0.1, 0.15) is 5.56 Å². The summed E-state index contributed by atoms with van der Waals surface area (Å²) in [6.45, 7) is 0. The number of nitrogens with zero attached hydrogens (tertiary/aromatic N) is 2. The van der Waals surface area contributed by atoms with Gasteiger partial charge in [-0.1, -0.05) is 18.2 Å². The summed E-state index contributed by atoms with van der Waals surface area (Å²) in [7, 11) is 0. The van der Waals surface area contributed by atoms with Gasteiger partial charge in [0.2, 0.25) is 5.91 Å². The van der Waals surface area contributed by atoms with E-state index < -0.39 is 4.92 Å². The van der Waals surface area contributed by atoms with Crippen molar-refractivity contribution in [1.82, 2.24) is 5.43 Å². The Morgan fingerprint density at radius 1 is 1.26 bits per heavy atom. The highest BCUT2D eigenvalue weighted by Crippen LogP contribution is 2.21. The third kappa shape index (κ3) is 5.64. The molecule has 0 aliphatic carbocycles. The predicted octanol–water partition coefficient (Wildman–Crippen LogP) is 3.44. The van der Waals surface area contributed by atoms with Gasteiger partial charge in [0, 0.05) is 26.2 Å². The molecule has 1 N–H and O–H groups in total. The molecule has 0 spiro atoms.